The van der Waals surface area contributed by atoms with Gasteiger partial charge in [0.2, 0.25) is 5.91 Å². The summed E-state index contributed by atoms with van der Waals surface area (Å²) in [7, 11) is 0. The number of carbonyl (C=O) groups is 1. The number of rotatable bonds is 8. The van der Waals surface area contributed by atoms with Crippen LogP contribution >= 0.6 is 23.4 Å². The van der Waals surface area contributed by atoms with Crippen LogP contribution in [0.3, 0.4) is 0 Å². The number of thioether (sulfide) groups is 1. The molecule has 2 N–H and O–H groups in total. The number of halogens is 1. The summed E-state index contributed by atoms with van der Waals surface area (Å²) in [4.78, 5) is 20.4. The molecule has 3 rings (SSSR count). The molecule has 0 radical (unpaired) electrons. The smallest absolute Gasteiger partial charge is 0.230 e. The highest BCUT2D eigenvalue weighted by Crippen LogP contribution is 2.19. The Balaban J connectivity index is 1.44. The van der Waals surface area contributed by atoms with Gasteiger partial charge in [-0.15, -0.1) is 0 Å². The van der Waals surface area contributed by atoms with Crippen molar-refractivity contribution in [2.75, 3.05) is 24.2 Å². The van der Waals surface area contributed by atoms with Gasteiger partial charge in [-0.2, -0.15) is 0 Å². The molecule has 1 aromatic heterocycles. The van der Waals surface area contributed by atoms with Gasteiger partial charge in [0.05, 0.1) is 11.9 Å². The highest BCUT2D eigenvalue weighted by molar-refractivity contribution is 7.99. The highest BCUT2D eigenvalue weighted by atomic mass is 35.5. The van der Waals surface area contributed by atoms with E-state index in [4.69, 9.17) is 16.3 Å². The van der Waals surface area contributed by atoms with Gasteiger partial charge < -0.3 is 15.4 Å². The summed E-state index contributed by atoms with van der Waals surface area (Å²) >= 11 is 7.53. The lowest BCUT2D eigenvalue weighted by Crippen LogP contribution is -2.32. The number of amides is 1. The normalized spacial score (nSPS) is 16.4. The van der Waals surface area contributed by atoms with Crippen LogP contribution in [0.4, 0.5) is 5.82 Å². The molecule has 1 amide bonds. The second-order valence-corrected chi connectivity index (χ2v) is 7.32. The van der Waals surface area contributed by atoms with Gasteiger partial charge in [0.1, 0.15) is 17.2 Å². The summed E-state index contributed by atoms with van der Waals surface area (Å²) in [6.07, 6.45) is 3.73. The minimum atomic E-state index is -0.0188. The summed E-state index contributed by atoms with van der Waals surface area (Å²) < 4.78 is 5.49. The van der Waals surface area contributed by atoms with Crippen molar-refractivity contribution in [1.29, 1.82) is 0 Å². The Bertz CT molecular complexity index is 741. The Kier molecular flexibility index (Phi) is 7.11. The Morgan fingerprint density at radius 3 is 3.04 bits per heavy atom. The van der Waals surface area contributed by atoms with Crippen molar-refractivity contribution in [2.45, 2.75) is 30.5 Å². The first kappa shape index (κ1) is 18.9. The standard InChI is InChI=1S/C18H21ClN4O2S/c19-15-6-2-1-4-13(15)9-20-16-8-18(23-12-22-16)26-11-17(24)21-10-14-5-3-7-25-14/h1-2,4,6,8,12,14H,3,5,7,9-11H2,(H,21,24)(H,20,22,23)/t14-/m0/s1. The van der Waals surface area contributed by atoms with E-state index >= 15 is 0 Å². The third-order valence-corrected chi connectivity index (χ3v) is 5.26. The number of hydrogen-bond acceptors (Lipinski definition) is 6. The molecule has 1 aliphatic rings. The maximum absolute atomic E-state index is 11.9. The van der Waals surface area contributed by atoms with Crippen molar-refractivity contribution in [1.82, 2.24) is 15.3 Å². The maximum atomic E-state index is 11.9. The molecular weight excluding hydrogens is 372 g/mol. The number of carbonyl (C=O) groups excluding carboxylic acids is 1. The average molecular weight is 393 g/mol. The lowest BCUT2D eigenvalue weighted by Gasteiger charge is -2.10. The highest BCUT2D eigenvalue weighted by Gasteiger charge is 2.16. The molecule has 138 valence electrons. The van der Waals surface area contributed by atoms with Crippen LogP contribution in [-0.2, 0) is 16.1 Å². The molecule has 0 aliphatic carbocycles. The number of nitrogens with one attached hydrogen (secondary N) is 2. The van der Waals surface area contributed by atoms with Crippen LogP contribution in [0.1, 0.15) is 18.4 Å². The van der Waals surface area contributed by atoms with E-state index in [9.17, 15) is 4.79 Å². The molecule has 1 atom stereocenters. The summed E-state index contributed by atoms with van der Waals surface area (Å²) in [6.45, 7) is 1.94. The topological polar surface area (TPSA) is 76.1 Å². The molecule has 8 heteroatoms. The van der Waals surface area contributed by atoms with Crippen molar-refractivity contribution in [2.24, 2.45) is 0 Å². The molecule has 2 aromatic rings. The van der Waals surface area contributed by atoms with Crippen molar-refractivity contribution in [3.63, 3.8) is 0 Å². The molecule has 6 nitrogen and oxygen atoms in total. The molecule has 0 unspecified atom stereocenters. The fraction of sp³-hybridized carbons (Fsp3) is 0.389. The van der Waals surface area contributed by atoms with Crippen LogP contribution in [0.25, 0.3) is 0 Å². The molecule has 0 saturated carbocycles. The second-order valence-electron chi connectivity index (χ2n) is 5.91. The zero-order chi connectivity index (χ0) is 18.2. The molecule has 1 saturated heterocycles. The minimum Gasteiger partial charge on any atom is -0.376 e. The molecule has 26 heavy (non-hydrogen) atoms. The van der Waals surface area contributed by atoms with Crippen LogP contribution in [-0.4, -0.2) is 40.9 Å². The largest absolute Gasteiger partial charge is 0.376 e. The van der Waals surface area contributed by atoms with Crippen molar-refractivity contribution < 1.29 is 9.53 Å². The van der Waals surface area contributed by atoms with Crippen molar-refractivity contribution >= 4 is 35.1 Å². The number of anilines is 1. The van der Waals surface area contributed by atoms with Crippen LogP contribution in [0.5, 0.6) is 0 Å². The third-order valence-electron chi connectivity index (χ3n) is 3.96. The van der Waals surface area contributed by atoms with Gasteiger partial charge >= 0.3 is 0 Å². The SMILES string of the molecule is O=C(CSc1cc(NCc2ccccc2Cl)ncn1)NC[C@@H]1CCCO1. The molecule has 1 aromatic carbocycles. The summed E-state index contributed by atoms with van der Waals surface area (Å²) in [6, 6.07) is 9.49. The molecule has 1 aliphatic heterocycles. The van der Waals surface area contributed by atoms with Crippen molar-refractivity contribution in [3.05, 3.63) is 47.2 Å². The average Bonchev–Trinajstić information content (AvgIpc) is 3.18. The van der Waals surface area contributed by atoms with Gasteiger partial charge in [0.25, 0.3) is 0 Å². The first-order chi connectivity index (χ1) is 12.7. The van der Waals surface area contributed by atoms with E-state index in [1.807, 2.05) is 30.3 Å². The third kappa shape index (κ3) is 5.86. The minimum absolute atomic E-state index is 0.0188. The van der Waals surface area contributed by atoms with E-state index in [2.05, 4.69) is 20.6 Å². The zero-order valence-electron chi connectivity index (χ0n) is 14.3. The number of aromatic nitrogens is 2. The van der Waals surface area contributed by atoms with Crippen LogP contribution < -0.4 is 10.6 Å². The van der Waals surface area contributed by atoms with Gasteiger partial charge in [-0.05, 0) is 24.5 Å². The number of hydrogen-bond donors (Lipinski definition) is 2. The van der Waals surface area contributed by atoms with E-state index in [-0.39, 0.29) is 12.0 Å². The predicted molar refractivity (Wildman–Crippen MR) is 104 cm³/mol. The van der Waals surface area contributed by atoms with E-state index in [1.54, 1.807) is 0 Å². The number of nitrogens with zero attached hydrogens (tertiary/aromatic N) is 2. The van der Waals surface area contributed by atoms with E-state index in [0.717, 1.165) is 30.0 Å². The quantitative estimate of drug-likeness (QED) is 0.531. The Hall–Kier alpha value is -1.83. The summed E-state index contributed by atoms with van der Waals surface area (Å²) in [5.41, 5.74) is 0.996. The lowest BCUT2D eigenvalue weighted by molar-refractivity contribution is -0.119. The van der Waals surface area contributed by atoms with Crippen molar-refractivity contribution in [3.8, 4) is 0 Å². The fourth-order valence-electron chi connectivity index (χ4n) is 2.57. The molecule has 0 bridgehead atoms. The Labute approximate surface area is 162 Å². The monoisotopic (exact) mass is 392 g/mol. The Morgan fingerprint density at radius 2 is 2.23 bits per heavy atom. The van der Waals surface area contributed by atoms with Gasteiger partial charge in [-0.25, -0.2) is 9.97 Å². The summed E-state index contributed by atoms with van der Waals surface area (Å²) in [5.74, 6) is 0.991. The fourth-order valence-corrected chi connectivity index (χ4v) is 3.47. The van der Waals surface area contributed by atoms with E-state index in [1.165, 1.54) is 18.1 Å². The number of ether oxygens (including phenoxy) is 1. The maximum Gasteiger partial charge on any atom is 0.230 e. The summed E-state index contributed by atoms with van der Waals surface area (Å²) in [5, 5.41) is 7.59. The molecule has 1 fully saturated rings. The Morgan fingerprint density at radius 1 is 1.35 bits per heavy atom. The predicted octanol–water partition coefficient (Wildman–Crippen LogP) is 3.13. The van der Waals surface area contributed by atoms with Gasteiger partial charge in [0.15, 0.2) is 0 Å². The van der Waals surface area contributed by atoms with Gasteiger partial charge in [-0.1, -0.05) is 41.6 Å². The molecule has 2 heterocycles. The van der Waals surface area contributed by atoms with Gasteiger partial charge in [-0.3, -0.25) is 4.79 Å². The second kappa shape index (κ2) is 9.75. The van der Waals surface area contributed by atoms with E-state index < -0.39 is 0 Å². The van der Waals surface area contributed by atoms with Crippen LogP contribution in [0.2, 0.25) is 5.02 Å². The lowest BCUT2D eigenvalue weighted by atomic mass is 10.2. The first-order valence-electron chi connectivity index (χ1n) is 8.51. The van der Waals surface area contributed by atoms with Gasteiger partial charge in [0, 0.05) is 30.8 Å². The molecule has 0 spiro atoms. The number of benzene rings is 1. The van der Waals surface area contributed by atoms with Crippen LogP contribution in [0, 0.1) is 0 Å². The zero-order valence-corrected chi connectivity index (χ0v) is 15.9. The molecular formula is C18H21ClN4O2S. The first-order valence-corrected chi connectivity index (χ1v) is 9.87. The van der Waals surface area contributed by atoms with Crippen LogP contribution in [0.15, 0.2) is 41.7 Å². The van der Waals surface area contributed by atoms with E-state index in [0.29, 0.717) is 29.7 Å².